The third-order valence-corrected chi connectivity index (χ3v) is 7.42. The van der Waals surface area contributed by atoms with Gasteiger partial charge >= 0.3 is 18.3 Å². The third-order valence-electron chi connectivity index (χ3n) is 7.16. The molecule has 20 heteroatoms. The van der Waals surface area contributed by atoms with Gasteiger partial charge in [0, 0.05) is 25.5 Å². The van der Waals surface area contributed by atoms with Gasteiger partial charge in [0.05, 0.1) is 31.8 Å². The lowest BCUT2D eigenvalue weighted by atomic mass is 9.98. The van der Waals surface area contributed by atoms with Crippen LogP contribution >= 0.6 is 11.6 Å². The SMILES string of the molecule is CCCCc1nc(Cl)c(C(=O)OC(C)OC(=O)OCC)n1Cc1ccc(-c2ccccc2-c2nnn(COC(=O)OCCOCCON(O)O)n2)cc1. The van der Waals surface area contributed by atoms with Gasteiger partial charge in [0.1, 0.15) is 12.4 Å². The van der Waals surface area contributed by atoms with Crippen molar-refractivity contribution in [1.82, 2.24) is 35.1 Å². The van der Waals surface area contributed by atoms with Gasteiger partial charge < -0.3 is 33.0 Å². The molecular formula is C33H40ClN7O12. The maximum atomic E-state index is 13.2. The Hall–Kier alpha value is -5.18. The number of hydrogen-bond donors (Lipinski definition) is 2. The van der Waals surface area contributed by atoms with Crippen molar-refractivity contribution in [3.8, 4) is 22.5 Å². The van der Waals surface area contributed by atoms with Crippen LogP contribution < -0.4 is 0 Å². The lowest BCUT2D eigenvalue weighted by Gasteiger charge is -2.16. The number of benzene rings is 2. The molecule has 2 aromatic carbocycles. The summed E-state index contributed by atoms with van der Waals surface area (Å²) in [6.45, 7) is 4.91. The van der Waals surface area contributed by atoms with Crippen LogP contribution in [0.5, 0.6) is 0 Å². The highest BCUT2D eigenvalue weighted by Gasteiger charge is 2.26. The molecule has 0 aliphatic rings. The third kappa shape index (κ3) is 12.5. The lowest BCUT2D eigenvalue weighted by Crippen LogP contribution is -2.24. The Kier molecular flexibility index (Phi) is 15.9. The number of tetrazole rings is 1. The van der Waals surface area contributed by atoms with E-state index in [9.17, 15) is 14.4 Å². The Morgan fingerprint density at radius 2 is 1.64 bits per heavy atom. The fourth-order valence-electron chi connectivity index (χ4n) is 4.80. The van der Waals surface area contributed by atoms with Crippen molar-refractivity contribution in [2.24, 2.45) is 0 Å². The molecule has 0 saturated heterocycles. The lowest BCUT2D eigenvalue weighted by molar-refractivity contribution is -0.493. The van der Waals surface area contributed by atoms with Crippen LogP contribution in [0.3, 0.4) is 0 Å². The first-order valence-electron chi connectivity index (χ1n) is 16.5. The number of rotatable bonds is 20. The van der Waals surface area contributed by atoms with Crippen molar-refractivity contribution < 1.29 is 58.1 Å². The second-order valence-electron chi connectivity index (χ2n) is 10.9. The van der Waals surface area contributed by atoms with Gasteiger partial charge in [0.2, 0.25) is 18.8 Å². The summed E-state index contributed by atoms with van der Waals surface area (Å²) < 4.78 is 31.8. The van der Waals surface area contributed by atoms with Crippen LogP contribution in [0.4, 0.5) is 9.59 Å². The minimum absolute atomic E-state index is 0.0221. The molecule has 2 aromatic heterocycles. The molecule has 2 N–H and O–H groups in total. The Labute approximate surface area is 308 Å². The summed E-state index contributed by atoms with van der Waals surface area (Å²) in [7, 11) is 0. The van der Waals surface area contributed by atoms with E-state index in [1.807, 2.05) is 55.5 Å². The monoisotopic (exact) mass is 761 g/mol. The second-order valence-corrected chi connectivity index (χ2v) is 11.3. The maximum absolute atomic E-state index is 13.2. The molecule has 0 amide bonds. The van der Waals surface area contributed by atoms with E-state index in [-0.39, 0.29) is 57.2 Å². The predicted molar refractivity (Wildman–Crippen MR) is 181 cm³/mol. The molecule has 0 spiro atoms. The summed E-state index contributed by atoms with van der Waals surface area (Å²) in [6.07, 6.45) is -0.863. The van der Waals surface area contributed by atoms with Crippen LogP contribution in [0.1, 0.15) is 55.5 Å². The highest BCUT2D eigenvalue weighted by Crippen LogP contribution is 2.30. The molecule has 4 aromatic rings. The van der Waals surface area contributed by atoms with Gasteiger partial charge in [-0.15, -0.1) is 15.0 Å². The van der Waals surface area contributed by atoms with Gasteiger partial charge in [0.25, 0.3) is 0 Å². The molecule has 286 valence electrons. The standard InChI is InChI=1S/C33H40ClN7O12/c1-4-6-11-27-35-29(34)28(31(42)52-22(3)53-33(44)48-5-2)39(27)20-23-12-14-24(15-13-23)25-9-7-8-10-26(25)30-36-38-40(37-30)21-50-32(43)49-18-16-47-17-19-51-41(45)46/h7-10,12-15,22,45-46H,4-6,11,16-21H2,1-3H3. The zero-order valence-corrected chi connectivity index (χ0v) is 30.0. The van der Waals surface area contributed by atoms with E-state index >= 15 is 0 Å². The number of imidazole rings is 1. The summed E-state index contributed by atoms with van der Waals surface area (Å²) in [5.74, 6) is 0.0996. The first-order chi connectivity index (χ1) is 25.6. The van der Waals surface area contributed by atoms with Crippen molar-refractivity contribution in [1.29, 1.82) is 0 Å². The molecule has 0 fully saturated rings. The Bertz CT molecular complexity index is 1780. The van der Waals surface area contributed by atoms with E-state index in [0.717, 1.165) is 34.3 Å². The molecule has 0 aliphatic heterocycles. The van der Waals surface area contributed by atoms with Gasteiger partial charge in [-0.05, 0) is 35.2 Å². The zero-order chi connectivity index (χ0) is 38.2. The predicted octanol–water partition coefficient (Wildman–Crippen LogP) is 5.06. The molecule has 2 heterocycles. The van der Waals surface area contributed by atoms with E-state index in [1.54, 1.807) is 11.5 Å². The van der Waals surface area contributed by atoms with E-state index in [4.69, 9.17) is 50.4 Å². The smallest absolute Gasteiger partial charge is 0.435 e. The molecule has 0 bridgehead atoms. The number of aromatic nitrogens is 6. The molecule has 19 nitrogen and oxygen atoms in total. The summed E-state index contributed by atoms with van der Waals surface area (Å²) >= 11 is 6.46. The first kappa shape index (κ1) is 40.6. The van der Waals surface area contributed by atoms with Crippen LogP contribution in [-0.4, -0.2) is 103 Å². The number of unbranched alkanes of at least 4 members (excludes halogenated alkanes) is 1. The van der Waals surface area contributed by atoms with Crippen molar-refractivity contribution in [2.45, 2.75) is 59.6 Å². The quantitative estimate of drug-likeness (QED) is 0.0395. The zero-order valence-electron chi connectivity index (χ0n) is 29.3. The van der Waals surface area contributed by atoms with E-state index in [1.165, 1.54) is 6.92 Å². The Morgan fingerprint density at radius 1 is 0.906 bits per heavy atom. The fourth-order valence-corrected chi connectivity index (χ4v) is 5.08. The molecule has 53 heavy (non-hydrogen) atoms. The number of esters is 1. The summed E-state index contributed by atoms with van der Waals surface area (Å²) in [4.78, 5) is 46.7. The van der Waals surface area contributed by atoms with Crippen molar-refractivity contribution in [3.05, 3.63) is 70.8 Å². The molecule has 1 unspecified atom stereocenters. The summed E-state index contributed by atoms with van der Waals surface area (Å²) in [5, 5.41) is 28.8. The van der Waals surface area contributed by atoms with Gasteiger partial charge in [0.15, 0.2) is 10.8 Å². The Morgan fingerprint density at radius 3 is 2.36 bits per heavy atom. The highest BCUT2D eigenvalue weighted by atomic mass is 35.5. The number of hydrogen-bond acceptors (Lipinski definition) is 17. The molecule has 0 aliphatic carbocycles. The molecule has 0 saturated carbocycles. The number of aryl methyl sites for hydroxylation is 1. The topological polar surface area (TPSA) is 221 Å². The summed E-state index contributed by atoms with van der Waals surface area (Å²) in [6, 6.07) is 15.1. The van der Waals surface area contributed by atoms with Crippen molar-refractivity contribution >= 4 is 29.9 Å². The minimum Gasteiger partial charge on any atom is -0.435 e. The fraction of sp³-hybridized carbons (Fsp3) is 0.424. The van der Waals surface area contributed by atoms with Gasteiger partial charge in [-0.25, -0.2) is 24.2 Å². The van der Waals surface area contributed by atoms with Crippen LogP contribution in [0.15, 0.2) is 48.5 Å². The van der Waals surface area contributed by atoms with E-state index in [2.05, 4.69) is 25.2 Å². The number of carbonyl (C=O) groups excluding carboxylic acids is 3. The molecule has 1 atom stereocenters. The van der Waals surface area contributed by atoms with Crippen molar-refractivity contribution in [3.63, 3.8) is 0 Å². The Balaban J connectivity index is 1.41. The maximum Gasteiger partial charge on any atom is 0.511 e. The molecule has 0 radical (unpaired) electrons. The number of nitrogens with zero attached hydrogens (tertiary/aromatic N) is 7. The van der Waals surface area contributed by atoms with Gasteiger partial charge in [-0.2, -0.15) is 0 Å². The van der Waals surface area contributed by atoms with Gasteiger partial charge in [-0.1, -0.05) is 73.5 Å². The summed E-state index contributed by atoms with van der Waals surface area (Å²) in [5.41, 5.74) is 3.21. The number of halogens is 1. The van der Waals surface area contributed by atoms with E-state index < -0.39 is 30.0 Å². The molecule has 4 rings (SSSR count). The average Bonchev–Trinajstić information content (AvgIpc) is 3.73. The van der Waals surface area contributed by atoms with E-state index in [0.29, 0.717) is 23.6 Å². The van der Waals surface area contributed by atoms with Gasteiger partial charge in [-0.3, -0.25) is 10.4 Å². The van der Waals surface area contributed by atoms with Crippen molar-refractivity contribution in [2.75, 3.05) is 33.0 Å². The normalized spacial score (nSPS) is 11.7. The minimum atomic E-state index is -1.22. The number of ether oxygens (including phenoxy) is 6. The largest absolute Gasteiger partial charge is 0.511 e. The average molecular weight is 762 g/mol. The number of carbonyl (C=O) groups is 3. The van der Waals surface area contributed by atoms with Crippen LogP contribution in [0, 0.1) is 0 Å². The second kappa shape index (κ2) is 20.8. The van der Waals surface area contributed by atoms with Crippen LogP contribution in [0.25, 0.3) is 22.5 Å². The highest BCUT2D eigenvalue weighted by molar-refractivity contribution is 6.32. The van der Waals surface area contributed by atoms with Crippen LogP contribution in [-0.2, 0) is 53.0 Å². The first-order valence-corrected chi connectivity index (χ1v) is 16.9. The van der Waals surface area contributed by atoms with Crippen LogP contribution in [0.2, 0.25) is 5.15 Å². The molecular weight excluding hydrogens is 722 g/mol.